The van der Waals surface area contributed by atoms with Crippen molar-refractivity contribution in [3.8, 4) is 0 Å². The number of hydrogen-bond acceptors (Lipinski definition) is 3. The summed E-state index contributed by atoms with van der Waals surface area (Å²) in [4.78, 5) is 2.49. The Labute approximate surface area is 117 Å². The van der Waals surface area contributed by atoms with E-state index in [9.17, 15) is 0 Å². The molecule has 2 rings (SSSR count). The highest BCUT2D eigenvalue weighted by atomic mass is 16.3. The highest BCUT2D eigenvalue weighted by Crippen LogP contribution is 2.30. The summed E-state index contributed by atoms with van der Waals surface area (Å²) in [6.45, 7) is 5.83. The van der Waals surface area contributed by atoms with Gasteiger partial charge in [-0.1, -0.05) is 13.3 Å². The number of rotatable bonds is 5. The Balaban J connectivity index is 1.90. The second kappa shape index (κ2) is 6.58. The van der Waals surface area contributed by atoms with Crippen LogP contribution < -0.4 is 5.73 Å². The summed E-state index contributed by atoms with van der Waals surface area (Å²) in [5, 5.41) is 0. The lowest BCUT2D eigenvalue weighted by molar-refractivity contribution is 0.157. The standard InChI is InChI=1S/C16H28N2O/c1-4-13-5-7-15(8-6-13)18(3)11-14-9-16(10-17)19-12(14)2/h9,13,15H,4-8,10-11,17H2,1-3H3. The van der Waals surface area contributed by atoms with E-state index in [1.807, 2.05) is 6.92 Å². The molecule has 19 heavy (non-hydrogen) atoms. The van der Waals surface area contributed by atoms with Gasteiger partial charge in [-0.05, 0) is 51.6 Å². The van der Waals surface area contributed by atoms with E-state index >= 15 is 0 Å². The second-order valence-electron chi connectivity index (χ2n) is 6.00. The molecule has 0 bridgehead atoms. The SMILES string of the molecule is CCC1CCC(N(C)Cc2cc(CN)oc2C)CC1. The summed E-state index contributed by atoms with van der Waals surface area (Å²) < 4.78 is 5.63. The Morgan fingerprint density at radius 1 is 1.32 bits per heavy atom. The molecule has 0 aromatic carbocycles. The molecule has 108 valence electrons. The molecule has 0 radical (unpaired) electrons. The zero-order valence-corrected chi connectivity index (χ0v) is 12.6. The summed E-state index contributed by atoms with van der Waals surface area (Å²) in [7, 11) is 2.24. The molecule has 1 fully saturated rings. The minimum Gasteiger partial charge on any atom is -0.465 e. The minimum atomic E-state index is 0.492. The fourth-order valence-electron chi connectivity index (χ4n) is 3.24. The minimum absolute atomic E-state index is 0.492. The molecule has 0 atom stereocenters. The molecule has 1 heterocycles. The van der Waals surface area contributed by atoms with Crippen LogP contribution in [0, 0.1) is 12.8 Å². The Morgan fingerprint density at radius 3 is 2.53 bits per heavy atom. The lowest BCUT2D eigenvalue weighted by Gasteiger charge is -2.34. The molecule has 3 nitrogen and oxygen atoms in total. The molecule has 0 aliphatic heterocycles. The Hall–Kier alpha value is -0.800. The molecular formula is C16H28N2O. The Morgan fingerprint density at radius 2 is 2.00 bits per heavy atom. The first-order valence-corrected chi connectivity index (χ1v) is 7.62. The van der Waals surface area contributed by atoms with Gasteiger partial charge in [0.2, 0.25) is 0 Å². The van der Waals surface area contributed by atoms with Crippen LogP contribution in [-0.2, 0) is 13.1 Å². The maximum Gasteiger partial charge on any atom is 0.118 e. The van der Waals surface area contributed by atoms with E-state index in [0.29, 0.717) is 6.54 Å². The van der Waals surface area contributed by atoms with Crippen LogP contribution in [0.1, 0.15) is 56.1 Å². The van der Waals surface area contributed by atoms with Gasteiger partial charge in [0.15, 0.2) is 0 Å². The molecule has 1 aromatic rings. The topological polar surface area (TPSA) is 42.4 Å². The van der Waals surface area contributed by atoms with Gasteiger partial charge in [-0.3, -0.25) is 4.90 Å². The molecule has 1 aliphatic rings. The lowest BCUT2D eigenvalue weighted by Crippen LogP contribution is -2.34. The van der Waals surface area contributed by atoms with Crippen molar-refractivity contribution in [2.24, 2.45) is 11.7 Å². The summed E-state index contributed by atoms with van der Waals surface area (Å²) >= 11 is 0. The molecule has 0 spiro atoms. The van der Waals surface area contributed by atoms with Crippen molar-refractivity contribution in [3.05, 3.63) is 23.2 Å². The highest BCUT2D eigenvalue weighted by molar-refractivity contribution is 5.20. The predicted molar refractivity (Wildman–Crippen MR) is 78.8 cm³/mol. The van der Waals surface area contributed by atoms with Gasteiger partial charge in [0, 0.05) is 18.2 Å². The fourth-order valence-corrected chi connectivity index (χ4v) is 3.24. The molecule has 2 N–H and O–H groups in total. The normalized spacial score (nSPS) is 24.1. The quantitative estimate of drug-likeness (QED) is 0.885. The predicted octanol–water partition coefficient (Wildman–Crippen LogP) is 3.45. The van der Waals surface area contributed by atoms with Gasteiger partial charge in [-0.2, -0.15) is 0 Å². The van der Waals surface area contributed by atoms with Crippen molar-refractivity contribution < 1.29 is 4.42 Å². The third kappa shape index (κ3) is 3.61. The van der Waals surface area contributed by atoms with Crippen LogP contribution in [0.25, 0.3) is 0 Å². The average Bonchev–Trinajstić information content (AvgIpc) is 2.79. The number of hydrogen-bond donors (Lipinski definition) is 1. The van der Waals surface area contributed by atoms with E-state index in [2.05, 4.69) is 24.9 Å². The van der Waals surface area contributed by atoms with Crippen molar-refractivity contribution in [3.63, 3.8) is 0 Å². The molecule has 1 aliphatic carbocycles. The zero-order chi connectivity index (χ0) is 13.8. The van der Waals surface area contributed by atoms with Crippen LogP contribution in [0.3, 0.4) is 0 Å². The van der Waals surface area contributed by atoms with Crippen LogP contribution in [-0.4, -0.2) is 18.0 Å². The van der Waals surface area contributed by atoms with E-state index in [1.165, 1.54) is 37.7 Å². The third-order valence-electron chi connectivity index (χ3n) is 4.71. The van der Waals surface area contributed by atoms with Crippen LogP contribution >= 0.6 is 0 Å². The molecule has 3 heteroatoms. The molecule has 1 aromatic heterocycles. The van der Waals surface area contributed by atoms with Crippen molar-refractivity contribution >= 4 is 0 Å². The zero-order valence-electron chi connectivity index (χ0n) is 12.6. The van der Waals surface area contributed by atoms with Crippen molar-refractivity contribution in [2.75, 3.05) is 7.05 Å². The lowest BCUT2D eigenvalue weighted by atomic mass is 9.84. The average molecular weight is 264 g/mol. The summed E-state index contributed by atoms with van der Waals surface area (Å²) in [6.07, 6.45) is 6.82. The molecule has 0 unspecified atom stereocenters. The first kappa shape index (κ1) is 14.6. The van der Waals surface area contributed by atoms with E-state index in [4.69, 9.17) is 10.2 Å². The number of furan rings is 1. The van der Waals surface area contributed by atoms with E-state index in [-0.39, 0.29) is 0 Å². The Bertz CT molecular complexity index is 391. The third-order valence-corrected chi connectivity index (χ3v) is 4.71. The van der Waals surface area contributed by atoms with Crippen LogP contribution in [0.4, 0.5) is 0 Å². The van der Waals surface area contributed by atoms with Gasteiger partial charge in [0.25, 0.3) is 0 Å². The first-order chi connectivity index (χ1) is 9.13. The molecule has 0 saturated heterocycles. The van der Waals surface area contributed by atoms with Gasteiger partial charge in [0.05, 0.1) is 6.54 Å². The van der Waals surface area contributed by atoms with Crippen molar-refractivity contribution in [1.82, 2.24) is 4.90 Å². The summed E-state index contributed by atoms with van der Waals surface area (Å²) in [5.74, 6) is 2.88. The number of nitrogens with two attached hydrogens (primary N) is 1. The van der Waals surface area contributed by atoms with Gasteiger partial charge in [-0.15, -0.1) is 0 Å². The molecule has 0 amide bonds. The maximum absolute atomic E-state index is 5.63. The van der Waals surface area contributed by atoms with Crippen LogP contribution in [0.5, 0.6) is 0 Å². The van der Waals surface area contributed by atoms with E-state index < -0.39 is 0 Å². The van der Waals surface area contributed by atoms with E-state index in [1.54, 1.807) is 0 Å². The van der Waals surface area contributed by atoms with Crippen molar-refractivity contribution in [1.29, 1.82) is 0 Å². The largest absolute Gasteiger partial charge is 0.465 e. The van der Waals surface area contributed by atoms with Gasteiger partial charge in [-0.25, -0.2) is 0 Å². The Kier molecular flexibility index (Phi) is 5.06. The van der Waals surface area contributed by atoms with Gasteiger partial charge < -0.3 is 10.2 Å². The van der Waals surface area contributed by atoms with E-state index in [0.717, 1.165) is 30.0 Å². The molecular weight excluding hydrogens is 236 g/mol. The summed E-state index contributed by atoms with van der Waals surface area (Å²) in [5.41, 5.74) is 6.92. The highest BCUT2D eigenvalue weighted by Gasteiger charge is 2.23. The van der Waals surface area contributed by atoms with Crippen molar-refractivity contribution in [2.45, 2.75) is 65.1 Å². The number of aryl methyl sites for hydroxylation is 1. The smallest absolute Gasteiger partial charge is 0.118 e. The van der Waals surface area contributed by atoms with Crippen LogP contribution in [0.2, 0.25) is 0 Å². The van der Waals surface area contributed by atoms with Gasteiger partial charge in [0.1, 0.15) is 11.5 Å². The molecule has 1 saturated carbocycles. The monoisotopic (exact) mass is 264 g/mol. The second-order valence-corrected chi connectivity index (χ2v) is 6.00. The van der Waals surface area contributed by atoms with Gasteiger partial charge >= 0.3 is 0 Å². The fraction of sp³-hybridized carbons (Fsp3) is 0.750. The summed E-state index contributed by atoms with van der Waals surface area (Å²) in [6, 6.07) is 2.85. The number of nitrogens with zero attached hydrogens (tertiary/aromatic N) is 1. The first-order valence-electron chi connectivity index (χ1n) is 7.62. The van der Waals surface area contributed by atoms with Crippen LogP contribution in [0.15, 0.2) is 10.5 Å². The maximum atomic E-state index is 5.63.